The minimum absolute atomic E-state index is 0.301. The van der Waals surface area contributed by atoms with Gasteiger partial charge in [0.05, 0.1) is 0 Å². The highest BCUT2D eigenvalue weighted by Gasteiger charge is 2.39. The lowest BCUT2D eigenvalue weighted by molar-refractivity contribution is -0.159. The molecule has 0 aromatic heterocycles. The molecule has 4 heteroatoms. The van der Waals surface area contributed by atoms with E-state index in [-0.39, 0.29) is 5.91 Å². The minimum atomic E-state index is -1.22. The van der Waals surface area contributed by atoms with Crippen molar-refractivity contribution in [2.24, 2.45) is 0 Å². The zero-order chi connectivity index (χ0) is 11.3. The topological polar surface area (TPSA) is 55.4 Å². The zero-order valence-electron chi connectivity index (χ0n) is 8.62. The van der Waals surface area contributed by atoms with Crippen LogP contribution in [0.15, 0.2) is 25.3 Å². The second-order valence-electron chi connectivity index (χ2n) is 3.43. The highest BCUT2D eigenvalue weighted by Crippen LogP contribution is 2.23. The first-order chi connectivity index (χ1) is 7.14. The van der Waals surface area contributed by atoms with Crippen LogP contribution in [0.2, 0.25) is 0 Å². The molecular weight excluding hydrogens is 194 g/mol. The normalized spacial score (nSPS) is 26.0. The Hall–Kier alpha value is -1.58. The molecule has 0 aliphatic carbocycles. The van der Waals surface area contributed by atoms with Crippen LogP contribution in [0.1, 0.15) is 19.3 Å². The number of ether oxygens (including phenoxy) is 1. The van der Waals surface area contributed by atoms with Crippen molar-refractivity contribution in [2.45, 2.75) is 24.9 Å². The molecule has 1 rings (SSSR count). The number of rotatable bonds is 3. The summed E-state index contributed by atoms with van der Waals surface area (Å²) in [5.74, 6) is -0.905. The number of esters is 1. The molecule has 4 nitrogen and oxygen atoms in total. The fraction of sp³-hybridized carbons (Fsp3) is 0.455. The lowest BCUT2D eigenvalue weighted by Gasteiger charge is -2.26. The maximum absolute atomic E-state index is 11.7. The van der Waals surface area contributed by atoms with Crippen molar-refractivity contribution in [3.05, 3.63) is 25.3 Å². The number of nitrogens with one attached hydrogen (secondary N) is 1. The van der Waals surface area contributed by atoms with Crippen LogP contribution in [-0.2, 0) is 14.3 Å². The van der Waals surface area contributed by atoms with Gasteiger partial charge in [-0.2, -0.15) is 0 Å². The summed E-state index contributed by atoms with van der Waals surface area (Å²) < 4.78 is 5.08. The van der Waals surface area contributed by atoms with Crippen molar-refractivity contribution < 1.29 is 14.3 Å². The molecule has 0 spiro atoms. The second-order valence-corrected chi connectivity index (χ2v) is 3.43. The van der Waals surface area contributed by atoms with E-state index in [1.807, 2.05) is 0 Å². The Morgan fingerprint density at radius 3 is 2.80 bits per heavy atom. The Morgan fingerprint density at radius 2 is 2.20 bits per heavy atom. The van der Waals surface area contributed by atoms with Crippen molar-refractivity contribution in [3.63, 3.8) is 0 Å². The van der Waals surface area contributed by atoms with E-state index in [9.17, 15) is 9.59 Å². The molecule has 1 atom stereocenters. The zero-order valence-corrected chi connectivity index (χ0v) is 8.62. The van der Waals surface area contributed by atoms with Gasteiger partial charge in [0.25, 0.3) is 5.91 Å². The van der Waals surface area contributed by atoms with E-state index < -0.39 is 11.6 Å². The van der Waals surface area contributed by atoms with Crippen LogP contribution in [0.5, 0.6) is 0 Å². The third kappa shape index (κ3) is 2.46. The summed E-state index contributed by atoms with van der Waals surface area (Å²) in [6.07, 6.45) is 4.60. The Morgan fingerprint density at radius 1 is 1.47 bits per heavy atom. The van der Waals surface area contributed by atoms with Gasteiger partial charge in [0.15, 0.2) is 0 Å². The molecule has 1 aliphatic rings. The van der Waals surface area contributed by atoms with Gasteiger partial charge in [-0.1, -0.05) is 13.2 Å². The third-order valence-corrected chi connectivity index (χ3v) is 2.42. The molecule has 1 unspecified atom stereocenters. The highest BCUT2D eigenvalue weighted by atomic mass is 16.6. The van der Waals surface area contributed by atoms with Crippen LogP contribution in [-0.4, -0.2) is 24.0 Å². The van der Waals surface area contributed by atoms with Gasteiger partial charge >= 0.3 is 5.97 Å². The van der Waals surface area contributed by atoms with E-state index in [4.69, 9.17) is 4.74 Å². The van der Waals surface area contributed by atoms with Crippen molar-refractivity contribution >= 4 is 11.9 Å². The fourth-order valence-electron chi connectivity index (χ4n) is 1.53. The van der Waals surface area contributed by atoms with E-state index >= 15 is 0 Å². The molecule has 0 radical (unpaired) electrons. The van der Waals surface area contributed by atoms with Gasteiger partial charge in [-0.3, -0.25) is 4.79 Å². The quantitative estimate of drug-likeness (QED) is 0.427. The number of amides is 1. The van der Waals surface area contributed by atoms with Gasteiger partial charge in [-0.05, 0) is 18.9 Å². The average molecular weight is 209 g/mol. The summed E-state index contributed by atoms with van der Waals surface area (Å²) in [5, 5.41) is 2.69. The van der Waals surface area contributed by atoms with Crippen LogP contribution in [0.3, 0.4) is 0 Å². The number of carbonyl (C=O) groups excluding carboxylic acids is 2. The number of hydrogen-bond donors (Lipinski definition) is 1. The van der Waals surface area contributed by atoms with Gasteiger partial charge < -0.3 is 10.1 Å². The summed E-state index contributed by atoms with van der Waals surface area (Å²) in [6, 6.07) is 0. The number of carbonyl (C=O) groups is 2. The van der Waals surface area contributed by atoms with Crippen molar-refractivity contribution in [2.75, 3.05) is 6.54 Å². The van der Waals surface area contributed by atoms with Crippen LogP contribution in [0, 0.1) is 0 Å². The van der Waals surface area contributed by atoms with E-state index in [2.05, 4.69) is 18.5 Å². The Bertz CT molecular complexity index is 298. The van der Waals surface area contributed by atoms with Crippen molar-refractivity contribution in [3.8, 4) is 0 Å². The minimum Gasteiger partial charge on any atom is -0.441 e. The highest BCUT2D eigenvalue weighted by molar-refractivity contribution is 5.92. The summed E-state index contributed by atoms with van der Waals surface area (Å²) in [5.41, 5.74) is -1.22. The van der Waals surface area contributed by atoms with E-state index in [1.165, 1.54) is 6.08 Å². The predicted molar refractivity (Wildman–Crippen MR) is 56.1 cm³/mol. The van der Waals surface area contributed by atoms with Crippen LogP contribution in [0.4, 0.5) is 0 Å². The molecule has 0 saturated carbocycles. The number of hydrogen-bond acceptors (Lipinski definition) is 3. The Kier molecular flexibility index (Phi) is 3.66. The fourth-order valence-corrected chi connectivity index (χ4v) is 1.53. The first-order valence-electron chi connectivity index (χ1n) is 4.92. The Balaban J connectivity index is 2.88. The summed E-state index contributed by atoms with van der Waals surface area (Å²) in [6.45, 7) is 7.47. The van der Waals surface area contributed by atoms with Crippen LogP contribution < -0.4 is 5.32 Å². The molecule has 82 valence electrons. The van der Waals surface area contributed by atoms with Crippen molar-refractivity contribution in [1.29, 1.82) is 0 Å². The molecular formula is C11H15NO3. The molecule has 1 aliphatic heterocycles. The van der Waals surface area contributed by atoms with Gasteiger partial charge in [-0.15, -0.1) is 0 Å². The smallest absolute Gasteiger partial charge is 0.331 e. The average Bonchev–Trinajstić information content (AvgIpc) is 2.42. The van der Waals surface area contributed by atoms with E-state index in [1.54, 1.807) is 0 Å². The first kappa shape index (κ1) is 11.5. The second kappa shape index (κ2) is 4.77. The maximum atomic E-state index is 11.7. The van der Waals surface area contributed by atoms with E-state index in [0.29, 0.717) is 13.0 Å². The third-order valence-electron chi connectivity index (χ3n) is 2.42. The molecule has 1 fully saturated rings. The first-order valence-corrected chi connectivity index (χ1v) is 4.92. The molecule has 0 aromatic rings. The van der Waals surface area contributed by atoms with Gasteiger partial charge in [0.2, 0.25) is 5.60 Å². The standard InChI is InChI=1S/C11H15NO3/c1-3-9(13)15-11(4-2)7-5-6-8-12-10(11)14/h3-4H,1-2,5-8H2,(H,12,14). The largest absolute Gasteiger partial charge is 0.441 e. The maximum Gasteiger partial charge on any atom is 0.331 e. The molecule has 1 amide bonds. The lowest BCUT2D eigenvalue weighted by atomic mass is 9.97. The van der Waals surface area contributed by atoms with Gasteiger partial charge in [-0.25, -0.2) is 4.79 Å². The Labute approximate surface area is 89.0 Å². The van der Waals surface area contributed by atoms with Crippen molar-refractivity contribution in [1.82, 2.24) is 5.32 Å². The summed E-state index contributed by atoms with van der Waals surface area (Å²) in [7, 11) is 0. The summed E-state index contributed by atoms with van der Waals surface area (Å²) >= 11 is 0. The monoisotopic (exact) mass is 209 g/mol. The van der Waals surface area contributed by atoms with E-state index in [0.717, 1.165) is 18.9 Å². The molecule has 0 bridgehead atoms. The lowest BCUT2D eigenvalue weighted by Crippen LogP contribution is -2.47. The molecule has 1 heterocycles. The van der Waals surface area contributed by atoms with Crippen LogP contribution >= 0.6 is 0 Å². The molecule has 1 N–H and O–H groups in total. The molecule has 15 heavy (non-hydrogen) atoms. The predicted octanol–water partition coefficient (Wildman–Crippen LogP) is 0.940. The van der Waals surface area contributed by atoms with Crippen LogP contribution in [0.25, 0.3) is 0 Å². The van der Waals surface area contributed by atoms with Gasteiger partial charge in [0, 0.05) is 19.0 Å². The molecule has 0 aromatic carbocycles. The summed E-state index contributed by atoms with van der Waals surface area (Å²) in [4.78, 5) is 22.9. The molecule has 1 saturated heterocycles. The SMILES string of the molecule is C=CC(=O)OC1(C=C)CCCCNC1=O. The van der Waals surface area contributed by atoms with Gasteiger partial charge in [0.1, 0.15) is 0 Å².